The molecule has 0 N–H and O–H groups in total. The number of rotatable bonds is 5. The molecule has 28 heavy (non-hydrogen) atoms. The van der Waals surface area contributed by atoms with E-state index in [9.17, 15) is 8.78 Å². The van der Waals surface area contributed by atoms with Crippen LogP contribution in [0.2, 0.25) is 0 Å². The second-order valence-corrected chi connectivity index (χ2v) is 6.80. The molecule has 1 aliphatic rings. The van der Waals surface area contributed by atoms with Gasteiger partial charge in [-0.15, -0.1) is 15.3 Å². The summed E-state index contributed by atoms with van der Waals surface area (Å²) in [5, 5.41) is 13.9. The van der Waals surface area contributed by atoms with E-state index >= 15 is 0 Å². The number of aromatic nitrogens is 4. The molecule has 0 unspecified atom stereocenters. The molecule has 1 fully saturated rings. The van der Waals surface area contributed by atoms with Gasteiger partial charge in [-0.25, -0.2) is 8.78 Å². The first kappa shape index (κ1) is 17.0. The average molecular weight is 381 g/mol. The maximum absolute atomic E-state index is 13.0. The number of anilines is 1. The van der Waals surface area contributed by atoms with E-state index in [0.29, 0.717) is 31.2 Å². The fraction of sp³-hybridized carbons (Fsp3) is 0.250. The molecule has 3 heterocycles. The fourth-order valence-corrected chi connectivity index (χ4v) is 3.46. The Labute approximate surface area is 159 Å². The van der Waals surface area contributed by atoms with Gasteiger partial charge in [-0.1, -0.05) is 42.5 Å². The number of alkyl halides is 2. The third-order valence-electron chi connectivity index (χ3n) is 4.99. The summed E-state index contributed by atoms with van der Waals surface area (Å²) in [6.45, 7) is 1.86. The lowest BCUT2D eigenvalue weighted by molar-refractivity contribution is 0.0225. The van der Waals surface area contributed by atoms with Gasteiger partial charge in [-0.2, -0.15) is 4.52 Å². The standard InChI is InChI=1S/C20H17F2N5O/c21-19(22)20-24-23-17-8-9-18(25-27(17)20)26-10-15(11-26)28-12-14-6-3-5-13-4-1-2-7-16(13)14/h1-9,15,19H,10-12H2. The molecular weight excluding hydrogens is 364 g/mol. The minimum Gasteiger partial charge on any atom is -0.370 e. The molecular formula is C20H17F2N5O. The SMILES string of the molecule is FC(F)c1nnc2ccc(N3CC(OCc4cccc5ccccc45)C3)nn12. The molecule has 0 spiro atoms. The maximum atomic E-state index is 13.0. The van der Waals surface area contributed by atoms with Crippen LogP contribution >= 0.6 is 0 Å². The Hall–Kier alpha value is -3.13. The number of hydrogen-bond donors (Lipinski definition) is 0. The molecule has 6 nitrogen and oxygen atoms in total. The van der Waals surface area contributed by atoms with Gasteiger partial charge >= 0.3 is 0 Å². The van der Waals surface area contributed by atoms with Crippen LogP contribution in [0.1, 0.15) is 17.8 Å². The van der Waals surface area contributed by atoms with Crippen molar-refractivity contribution in [1.29, 1.82) is 0 Å². The Morgan fingerprint density at radius 1 is 1.00 bits per heavy atom. The Morgan fingerprint density at radius 2 is 1.82 bits per heavy atom. The summed E-state index contributed by atoms with van der Waals surface area (Å²) in [6.07, 6.45) is -2.64. The lowest BCUT2D eigenvalue weighted by Gasteiger charge is -2.39. The van der Waals surface area contributed by atoms with Gasteiger partial charge in [0.15, 0.2) is 5.65 Å². The van der Waals surface area contributed by atoms with Crippen molar-refractivity contribution in [2.45, 2.75) is 19.1 Å². The van der Waals surface area contributed by atoms with Gasteiger partial charge < -0.3 is 9.64 Å². The molecule has 8 heteroatoms. The molecule has 142 valence electrons. The first-order valence-electron chi connectivity index (χ1n) is 9.03. The zero-order chi connectivity index (χ0) is 19.1. The molecule has 0 aliphatic carbocycles. The summed E-state index contributed by atoms with van der Waals surface area (Å²) in [5.74, 6) is 0.167. The highest BCUT2D eigenvalue weighted by molar-refractivity contribution is 5.85. The van der Waals surface area contributed by atoms with Gasteiger partial charge in [0.1, 0.15) is 5.82 Å². The number of hydrogen-bond acceptors (Lipinski definition) is 5. The van der Waals surface area contributed by atoms with Gasteiger partial charge in [0.25, 0.3) is 6.43 Å². The molecule has 2 aromatic heterocycles. The third-order valence-corrected chi connectivity index (χ3v) is 4.99. The second-order valence-electron chi connectivity index (χ2n) is 6.80. The van der Waals surface area contributed by atoms with Crippen LogP contribution in [0.15, 0.2) is 54.6 Å². The molecule has 0 saturated carbocycles. The Balaban J connectivity index is 1.25. The molecule has 0 amide bonds. The van der Waals surface area contributed by atoms with E-state index in [4.69, 9.17) is 4.74 Å². The smallest absolute Gasteiger partial charge is 0.299 e. The lowest BCUT2D eigenvalue weighted by atomic mass is 10.1. The van der Waals surface area contributed by atoms with E-state index in [1.54, 1.807) is 12.1 Å². The highest BCUT2D eigenvalue weighted by Gasteiger charge is 2.29. The van der Waals surface area contributed by atoms with Crippen LogP contribution in [-0.2, 0) is 11.3 Å². The number of ether oxygens (including phenoxy) is 1. The van der Waals surface area contributed by atoms with E-state index in [2.05, 4.69) is 39.6 Å². The Morgan fingerprint density at radius 3 is 2.68 bits per heavy atom. The number of nitrogens with zero attached hydrogens (tertiary/aromatic N) is 5. The summed E-state index contributed by atoms with van der Waals surface area (Å²) in [4.78, 5) is 1.99. The summed E-state index contributed by atoms with van der Waals surface area (Å²) >= 11 is 0. The molecule has 2 aromatic carbocycles. The van der Waals surface area contributed by atoms with Gasteiger partial charge in [-0.3, -0.25) is 0 Å². The predicted molar refractivity (Wildman–Crippen MR) is 100 cm³/mol. The van der Waals surface area contributed by atoms with Crippen LogP contribution in [0.5, 0.6) is 0 Å². The summed E-state index contributed by atoms with van der Waals surface area (Å²) in [5.41, 5.74) is 1.46. The topological polar surface area (TPSA) is 55.5 Å². The number of halogens is 2. The van der Waals surface area contributed by atoms with E-state index in [0.717, 1.165) is 10.1 Å². The third kappa shape index (κ3) is 2.95. The van der Waals surface area contributed by atoms with E-state index in [-0.39, 0.29) is 6.10 Å². The molecule has 0 radical (unpaired) electrons. The predicted octanol–water partition coefficient (Wildman–Crippen LogP) is 3.62. The highest BCUT2D eigenvalue weighted by atomic mass is 19.3. The number of fused-ring (bicyclic) bond motifs is 2. The molecule has 1 saturated heterocycles. The van der Waals surface area contributed by atoms with Crippen LogP contribution in [0.3, 0.4) is 0 Å². The van der Waals surface area contributed by atoms with Gasteiger partial charge in [0, 0.05) is 13.1 Å². The van der Waals surface area contributed by atoms with Crippen LogP contribution in [-0.4, -0.2) is 39.0 Å². The van der Waals surface area contributed by atoms with Crippen LogP contribution in [0.4, 0.5) is 14.6 Å². The van der Waals surface area contributed by atoms with Crippen molar-refractivity contribution in [2.75, 3.05) is 18.0 Å². The van der Waals surface area contributed by atoms with Crippen LogP contribution < -0.4 is 4.90 Å². The first-order chi connectivity index (χ1) is 13.7. The van der Waals surface area contributed by atoms with Crippen molar-refractivity contribution in [3.05, 3.63) is 66.0 Å². The largest absolute Gasteiger partial charge is 0.370 e. The quantitative estimate of drug-likeness (QED) is 0.529. The van der Waals surface area contributed by atoms with E-state index in [1.165, 1.54) is 10.8 Å². The molecule has 5 rings (SSSR count). The zero-order valence-corrected chi connectivity index (χ0v) is 14.9. The van der Waals surface area contributed by atoms with Crippen molar-refractivity contribution < 1.29 is 13.5 Å². The average Bonchev–Trinajstić information content (AvgIpc) is 3.10. The van der Waals surface area contributed by atoms with Crippen LogP contribution in [0, 0.1) is 0 Å². The van der Waals surface area contributed by atoms with E-state index in [1.807, 2.05) is 23.1 Å². The monoisotopic (exact) mass is 381 g/mol. The fourth-order valence-electron chi connectivity index (χ4n) is 3.46. The molecule has 0 atom stereocenters. The highest BCUT2D eigenvalue weighted by Crippen LogP contribution is 2.25. The minimum atomic E-state index is -2.72. The second kappa shape index (κ2) is 6.79. The van der Waals surface area contributed by atoms with Gasteiger partial charge in [0.2, 0.25) is 5.82 Å². The molecule has 0 bridgehead atoms. The summed E-state index contributed by atoms with van der Waals surface area (Å²) < 4.78 is 33.1. The van der Waals surface area contributed by atoms with E-state index < -0.39 is 12.2 Å². The van der Waals surface area contributed by atoms with Crippen molar-refractivity contribution in [3.63, 3.8) is 0 Å². The lowest BCUT2D eigenvalue weighted by Crippen LogP contribution is -2.52. The zero-order valence-electron chi connectivity index (χ0n) is 14.9. The Kier molecular flexibility index (Phi) is 4.12. The Bertz CT molecular complexity index is 1130. The molecule has 1 aliphatic heterocycles. The normalized spacial score (nSPS) is 14.9. The number of benzene rings is 2. The van der Waals surface area contributed by atoms with Gasteiger partial charge in [0.05, 0.1) is 12.7 Å². The maximum Gasteiger partial charge on any atom is 0.299 e. The first-order valence-corrected chi connectivity index (χ1v) is 9.03. The van der Waals surface area contributed by atoms with Gasteiger partial charge in [-0.05, 0) is 28.5 Å². The molecule has 4 aromatic rings. The summed E-state index contributed by atoms with van der Waals surface area (Å²) in [6, 6.07) is 17.8. The van der Waals surface area contributed by atoms with Crippen molar-refractivity contribution in [3.8, 4) is 0 Å². The van der Waals surface area contributed by atoms with Crippen molar-refractivity contribution >= 4 is 22.2 Å². The van der Waals surface area contributed by atoms with Crippen molar-refractivity contribution in [1.82, 2.24) is 19.8 Å². The minimum absolute atomic E-state index is 0.0759. The van der Waals surface area contributed by atoms with Crippen LogP contribution in [0.25, 0.3) is 16.4 Å². The van der Waals surface area contributed by atoms with Crippen molar-refractivity contribution in [2.24, 2.45) is 0 Å². The summed E-state index contributed by atoms with van der Waals surface area (Å²) in [7, 11) is 0.